The third-order valence-electron chi connectivity index (χ3n) is 6.36. The molecule has 2 aromatic carbocycles. The van der Waals surface area contributed by atoms with Gasteiger partial charge >= 0.3 is 0 Å². The number of rotatable bonds is 7. The molecule has 3 aromatic rings. The van der Waals surface area contributed by atoms with E-state index in [1.165, 1.54) is 0 Å². The van der Waals surface area contributed by atoms with Gasteiger partial charge in [0.25, 0.3) is 0 Å². The van der Waals surface area contributed by atoms with Gasteiger partial charge in [-0.25, -0.2) is 13.4 Å². The SMILES string of the molecule is COc1ccc(N=c2scc(-c3ccc(S(=O)(=O)N4CCCC4)cc3)n2CC2CCCO2)cc1. The molecule has 2 saturated heterocycles. The minimum Gasteiger partial charge on any atom is -0.497 e. The highest BCUT2D eigenvalue weighted by Gasteiger charge is 2.27. The predicted octanol–water partition coefficient (Wildman–Crippen LogP) is 4.42. The molecule has 0 radical (unpaired) electrons. The first-order valence-corrected chi connectivity index (χ1v) is 14.0. The zero-order valence-corrected chi connectivity index (χ0v) is 20.9. The molecular formula is C25H29N3O4S2. The number of methoxy groups -OCH3 is 1. The van der Waals surface area contributed by atoms with Crippen LogP contribution in [0.2, 0.25) is 0 Å². The molecule has 0 amide bonds. The Hall–Kier alpha value is -2.46. The van der Waals surface area contributed by atoms with Crippen molar-refractivity contribution in [2.75, 3.05) is 26.8 Å². The van der Waals surface area contributed by atoms with Crippen LogP contribution in [0.15, 0.2) is 63.8 Å². The van der Waals surface area contributed by atoms with Crippen LogP contribution in [0.1, 0.15) is 25.7 Å². The third kappa shape index (κ3) is 4.84. The average Bonchev–Trinajstić information content (AvgIpc) is 3.64. The quantitative estimate of drug-likeness (QED) is 0.482. The van der Waals surface area contributed by atoms with Gasteiger partial charge in [-0.1, -0.05) is 12.1 Å². The number of hydrogen-bond acceptors (Lipinski definition) is 6. The van der Waals surface area contributed by atoms with Gasteiger partial charge in [0.05, 0.1) is 36.0 Å². The molecule has 180 valence electrons. The largest absolute Gasteiger partial charge is 0.497 e. The normalized spacial score (nSPS) is 19.7. The Balaban J connectivity index is 1.49. The number of nitrogens with zero attached hydrogens (tertiary/aromatic N) is 3. The summed E-state index contributed by atoms with van der Waals surface area (Å²) in [5.41, 5.74) is 2.83. The number of sulfonamides is 1. The Morgan fingerprint density at radius 3 is 2.44 bits per heavy atom. The van der Waals surface area contributed by atoms with Gasteiger partial charge in [0.1, 0.15) is 5.75 Å². The van der Waals surface area contributed by atoms with Gasteiger partial charge < -0.3 is 14.0 Å². The van der Waals surface area contributed by atoms with E-state index in [9.17, 15) is 8.42 Å². The van der Waals surface area contributed by atoms with E-state index in [2.05, 4.69) is 9.95 Å². The van der Waals surface area contributed by atoms with Gasteiger partial charge in [-0.3, -0.25) is 0 Å². The van der Waals surface area contributed by atoms with Crippen molar-refractivity contribution in [1.29, 1.82) is 0 Å². The van der Waals surface area contributed by atoms with Crippen molar-refractivity contribution in [3.63, 3.8) is 0 Å². The lowest BCUT2D eigenvalue weighted by molar-refractivity contribution is 0.0968. The topological polar surface area (TPSA) is 73.1 Å². The van der Waals surface area contributed by atoms with Crippen LogP contribution < -0.4 is 9.54 Å². The molecule has 9 heteroatoms. The van der Waals surface area contributed by atoms with E-state index in [1.54, 1.807) is 34.9 Å². The molecule has 1 unspecified atom stereocenters. The zero-order valence-electron chi connectivity index (χ0n) is 19.2. The van der Waals surface area contributed by atoms with E-state index >= 15 is 0 Å². The molecule has 1 atom stereocenters. The van der Waals surface area contributed by atoms with E-state index in [4.69, 9.17) is 14.5 Å². The van der Waals surface area contributed by atoms with Crippen LogP contribution in [0.3, 0.4) is 0 Å². The fourth-order valence-electron chi connectivity index (χ4n) is 4.46. The highest BCUT2D eigenvalue weighted by atomic mass is 32.2. The summed E-state index contributed by atoms with van der Waals surface area (Å²) in [5, 5.41) is 2.08. The molecule has 5 rings (SSSR count). The summed E-state index contributed by atoms with van der Waals surface area (Å²) >= 11 is 1.57. The van der Waals surface area contributed by atoms with Crippen LogP contribution in [0.5, 0.6) is 5.75 Å². The van der Waals surface area contributed by atoms with Crippen molar-refractivity contribution < 1.29 is 17.9 Å². The molecule has 3 heterocycles. The van der Waals surface area contributed by atoms with Crippen molar-refractivity contribution in [2.45, 2.75) is 43.2 Å². The maximum Gasteiger partial charge on any atom is 0.243 e. The van der Waals surface area contributed by atoms with Gasteiger partial charge in [0.15, 0.2) is 4.80 Å². The molecule has 2 aliphatic rings. The van der Waals surface area contributed by atoms with Crippen LogP contribution in [-0.4, -0.2) is 50.2 Å². The lowest BCUT2D eigenvalue weighted by Gasteiger charge is -2.16. The zero-order chi connectivity index (χ0) is 23.5. The highest BCUT2D eigenvalue weighted by Crippen LogP contribution is 2.27. The summed E-state index contributed by atoms with van der Waals surface area (Å²) < 4.78 is 40.8. The van der Waals surface area contributed by atoms with Crippen LogP contribution in [0.25, 0.3) is 11.3 Å². The molecule has 2 fully saturated rings. The van der Waals surface area contributed by atoms with E-state index in [1.807, 2.05) is 36.4 Å². The third-order valence-corrected chi connectivity index (χ3v) is 9.13. The first-order valence-electron chi connectivity index (χ1n) is 11.6. The Morgan fingerprint density at radius 2 is 1.79 bits per heavy atom. The number of aromatic nitrogens is 1. The first-order chi connectivity index (χ1) is 16.5. The van der Waals surface area contributed by atoms with Crippen molar-refractivity contribution in [2.24, 2.45) is 4.99 Å². The van der Waals surface area contributed by atoms with Gasteiger partial charge in [-0.15, -0.1) is 11.3 Å². The Labute approximate surface area is 204 Å². The summed E-state index contributed by atoms with van der Waals surface area (Å²) in [6.45, 7) is 2.71. The molecule has 2 aliphatic heterocycles. The summed E-state index contributed by atoms with van der Waals surface area (Å²) in [7, 11) is -1.78. The Kier molecular flexibility index (Phi) is 6.87. The van der Waals surface area contributed by atoms with Gasteiger partial charge in [-0.2, -0.15) is 4.31 Å². The highest BCUT2D eigenvalue weighted by molar-refractivity contribution is 7.89. The predicted molar refractivity (Wildman–Crippen MR) is 133 cm³/mol. The minimum absolute atomic E-state index is 0.151. The van der Waals surface area contributed by atoms with Gasteiger partial charge in [0, 0.05) is 25.1 Å². The molecule has 0 bridgehead atoms. The standard InChI is InChI=1S/C25H29N3O4S2/c1-31-21-10-8-20(9-11-21)26-25-28(17-22-5-4-16-32-22)24(18-33-25)19-6-12-23(13-7-19)34(29,30)27-14-2-3-15-27/h6-13,18,22H,2-5,14-17H2,1H3. The van der Waals surface area contributed by atoms with Crippen LogP contribution >= 0.6 is 11.3 Å². The van der Waals surface area contributed by atoms with E-state index < -0.39 is 10.0 Å². The fourth-order valence-corrected chi connectivity index (χ4v) is 6.92. The van der Waals surface area contributed by atoms with Gasteiger partial charge in [0.2, 0.25) is 10.0 Å². The second-order valence-electron chi connectivity index (χ2n) is 8.59. The molecule has 0 N–H and O–H groups in total. The van der Waals surface area contributed by atoms with Crippen molar-refractivity contribution in [3.8, 4) is 17.0 Å². The number of thiazole rings is 1. The number of ether oxygens (including phenoxy) is 2. The second-order valence-corrected chi connectivity index (χ2v) is 11.4. The molecular weight excluding hydrogens is 470 g/mol. The van der Waals surface area contributed by atoms with Crippen molar-refractivity contribution >= 4 is 27.0 Å². The Morgan fingerprint density at radius 1 is 1.06 bits per heavy atom. The number of hydrogen-bond donors (Lipinski definition) is 0. The summed E-state index contributed by atoms with van der Waals surface area (Å²) in [6, 6.07) is 14.9. The molecule has 0 saturated carbocycles. The molecule has 34 heavy (non-hydrogen) atoms. The number of benzene rings is 2. The van der Waals surface area contributed by atoms with E-state index in [0.717, 1.165) is 59.8 Å². The molecule has 0 spiro atoms. The second kappa shape index (κ2) is 10.0. The minimum atomic E-state index is -3.43. The maximum absolute atomic E-state index is 12.9. The maximum atomic E-state index is 12.9. The van der Waals surface area contributed by atoms with Crippen LogP contribution in [0.4, 0.5) is 5.69 Å². The summed E-state index contributed by atoms with van der Waals surface area (Å²) in [5.74, 6) is 0.794. The fraction of sp³-hybridized carbons (Fsp3) is 0.400. The van der Waals surface area contributed by atoms with Gasteiger partial charge in [-0.05, 0) is 67.6 Å². The monoisotopic (exact) mass is 499 g/mol. The molecule has 7 nitrogen and oxygen atoms in total. The summed E-state index contributed by atoms with van der Waals surface area (Å²) in [6.07, 6.45) is 4.10. The van der Waals surface area contributed by atoms with Crippen molar-refractivity contribution in [3.05, 3.63) is 58.7 Å². The lowest BCUT2D eigenvalue weighted by Crippen LogP contribution is -2.27. The Bertz CT molecular complexity index is 1280. The molecule has 0 aliphatic carbocycles. The lowest BCUT2D eigenvalue weighted by atomic mass is 10.1. The smallest absolute Gasteiger partial charge is 0.243 e. The van der Waals surface area contributed by atoms with Crippen LogP contribution in [0, 0.1) is 0 Å². The van der Waals surface area contributed by atoms with E-state index in [-0.39, 0.29) is 6.10 Å². The average molecular weight is 500 g/mol. The summed E-state index contributed by atoms with van der Waals surface area (Å²) in [4.78, 5) is 6.11. The van der Waals surface area contributed by atoms with Crippen LogP contribution in [-0.2, 0) is 21.3 Å². The first kappa shape index (κ1) is 23.3. The molecule has 1 aromatic heterocycles. The van der Waals surface area contributed by atoms with E-state index in [0.29, 0.717) is 24.5 Å². The van der Waals surface area contributed by atoms with Crippen molar-refractivity contribution in [1.82, 2.24) is 8.87 Å².